The van der Waals surface area contributed by atoms with Crippen LogP contribution < -0.4 is 0 Å². The van der Waals surface area contributed by atoms with Crippen molar-refractivity contribution in [2.75, 3.05) is 19.8 Å². The smallest absolute Gasteiger partial charge is 0.204 e. The lowest BCUT2D eigenvalue weighted by Gasteiger charge is -2.19. The van der Waals surface area contributed by atoms with Crippen molar-refractivity contribution in [1.82, 2.24) is 0 Å². The molecular weight excluding hydrogens is 146 g/mol. The van der Waals surface area contributed by atoms with Crippen LogP contribution in [0.25, 0.3) is 0 Å². The normalized spacial score (nSPS) is 24.9. The van der Waals surface area contributed by atoms with Crippen molar-refractivity contribution in [1.29, 1.82) is 0 Å². The summed E-state index contributed by atoms with van der Waals surface area (Å²) in [5.74, 6) is 0.425. The lowest BCUT2D eigenvalue weighted by Crippen LogP contribution is -2.19. The van der Waals surface area contributed by atoms with E-state index in [9.17, 15) is 10.1 Å². The highest BCUT2D eigenvalue weighted by Gasteiger charge is 2.15. The molecule has 0 amide bonds. The van der Waals surface area contributed by atoms with Gasteiger partial charge in [0.2, 0.25) is 6.54 Å². The molecule has 0 bridgehead atoms. The number of nitro groups is 1. The van der Waals surface area contributed by atoms with Gasteiger partial charge in [-0.05, 0) is 18.8 Å². The van der Waals surface area contributed by atoms with Crippen LogP contribution in [-0.4, -0.2) is 24.7 Å². The van der Waals surface area contributed by atoms with E-state index in [-0.39, 0.29) is 11.5 Å². The summed E-state index contributed by atoms with van der Waals surface area (Å²) in [5, 5.41) is 10.0. The monoisotopic (exact) mass is 159 g/mol. The average molecular weight is 159 g/mol. The number of rotatable bonds is 3. The van der Waals surface area contributed by atoms with Crippen LogP contribution in [0.3, 0.4) is 0 Å². The van der Waals surface area contributed by atoms with Crippen LogP contribution in [0.1, 0.15) is 19.3 Å². The molecular formula is C7H13NO3. The summed E-state index contributed by atoms with van der Waals surface area (Å²) < 4.78 is 5.19. The third-order valence-electron chi connectivity index (χ3n) is 1.97. The van der Waals surface area contributed by atoms with E-state index in [1.807, 2.05) is 0 Å². The van der Waals surface area contributed by atoms with Gasteiger partial charge in [-0.3, -0.25) is 10.1 Å². The molecule has 1 unspecified atom stereocenters. The molecule has 0 aliphatic carbocycles. The highest BCUT2D eigenvalue weighted by Crippen LogP contribution is 2.16. The van der Waals surface area contributed by atoms with Crippen LogP contribution in [0.5, 0.6) is 0 Å². The first-order valence-electron chi connectivity index (χ1n) is 3.98. The van der Waals surface area contributed by atoms with Gasteiger partial charge >= 0.3 is 0 Å². The van der Waals surface area contributed by atoms with E-state index in [1.54, 1.807) is 0 Å². The molecule has 1 saturated heterocycles. The Bertz CT molecular complexity index is 132. The Balaban J connectivity index is 2.09. The lowest BCUT2D eigenvalue weighted by atomic mass is 9.99. The predicted molar refractivity (Wildman–Crippen MR) is 40.0 cm³/mol. The van der Waals surface area contributed by atoms with Crippen LogP contribution in [0.4, 0.5) is 0 Å². The highest BCUT2D eigenvalue weighted by atomic mass is 16.6. The minimum atomic E-state index is -0.255. The average Bonchev–Trinajstić information content (AvgIpc) is 2.03. The molecule has 1 atom stereocenters. The number of nitrogens with zero attached hydrogens (tertiary/aromatic N) is 1. The van der Waals surface area contributed by atoms with E-state index in [0.717, 1.165) is 19.4 Å². The molecule has 64 valence electrons. The van der Waals surface area contributed by atoms with E-state index in [1.165, 1.54) is 0 Å². The summed E-state index contributed by atoms with van der Waals surface area (Å²) in [4.78, 5) is 9.75. The zero-order chi connectivity index (χ0) is 8.10. The topological polar surface area (TPSA) is 52.4 Å². The summed E-state index contributed by atoms with van der Waals surface area (Å²) in [7, 11) is 0. The molecule has 0 aromatic rings. The molecule has 4 heteroatoms. The second kappa shape index (κ2) is 4.28. The summed E-state index contributed by atoms with van der Waals surface area (Å²) in [6.45, 7) is 1.64. The van der Waals surface area contributed by atoms with E-state index in [0.29, 0.717) is 18.9 Å². The van der Waals surface area contributed by atoms with Gasteiger partial charge in [0, 0.05) is 24.6 Å². The van der Waals surface area contributed by atoms with Crippen LogP contribution in [0.15, 0.2) is 0 Å². The van der Waals surface area contributed by atoms with Crippen molar-refractivity contribution >= 4 is 0 Å². The lowest BCUT2D eigenvalue weighted by molar-refractivity contribution is -0.482. The molecule has 1 rings (SSSR count). The van der Waals surface area contributed by atoms with Crippen molar-refractivity contribution in [3.8, 4) is 0 Å². The zero-order valence-corrected chi connectivity index (χ0v) is 6.49. The van der Waals surface area contributed by atoms with Crippen molar-refractivity contribution in [3.63, 3.8) is 0 Å². The van der Waals surface area contributed by atoms with Gasteiger partial charge in [0.15, 0.2) is 0 Å². The Hall–Kier alpha value is -0.640. The van der Waals surface area contributed by atoms with Gasteiger partial charge in [0.05, 0.1) is 0 Å². The molecule has 0 saturated carbocycles. The van der Waals surface area contributed by atoms with Gasteiger partial charge in [-0.2, -0.15) is 0 Å². The first-order chi connectivity index (χ1) is 5.29. The standard InChI is InChI=1S/C7H13NO3/c9-8(10)4-3-7-2-1-5-11-6-7/h7H,1-6H2. The van der Waals surface area contributed by atoms with Crippen molar-refractivity contribution in [3.05, 3.63) is 10.1 Å². The minimum absolute atomic E-state index is 0.0913. The largest absolute Gasteiger partial charge is 0.381 e. The maximum atomic E-state index is 10.0. The summed E-state index contributed by atoms with van der Waals surface area (Å²) in [6.07, 6.45) is 2.82. The van der Waals surface area contributed by atoms with Crippen molar-refractivity contribution in [2.24, 2.45) is 5.92 Å². The Morgan fingerprint density at radius 3 is 3.00 bits per heavy atom. The van der Waals surface area contributed by atoms with Gasteiger partial charge < -0.3 is 4.74 Å². The van der Waals surface area contributed by atoms with Gasteiger partial charge in [-0.25, -0.2) is 0 Å². The Morgan fingerprint density at radius 1 is 1.64 bits per heavy atom. The predicted octanol–water partition coefficient (Wildman–Crippen LogP) is 1.08. The van der Waals surface area contributed by atoms with Crippen LogP contribution >= 0.6 is 0 Å². The number of hydrogen-bond acceptors (Lipinski definition) is 3. The van der Waals surface area contributed by atoms with E-state index >= 15 is 0 Å². The van der Waals surface area contributed by atoms with Crippen LogP contribution in [0, 0.1) is 16.0 Å². The van der Waals surface area contributed by atoms with E-state index < -0.39 is 0 Å². The Kier molecular flexibility index (Phi) is 3.29. The van der Waals surface area contributed by atoms with Crippen molar-refractivity contribution < 1.29 is 9.66 Å². The minimum Gasteiger partial charge on any atom is -0.381 e. The Labute approximate surface area is 65.7 Å². The summed E-state index contributed by atoms with van der Waals surface area (Å²) >= 11 is 0. The second-order valence-corrected chi connectivity index (χ2v) is 2.93. The van der Waals surface area contributed by atoms with Gasteiger partial charge in [0.25, 0.3) is 0 Å². The van der Waals surface area contributed by atoms with E-state index in [4.69, 9.17) is 4.74 Å². The molecule has 0 spiro atoms. The van der Waals surface area contributed by atoms with Crippen LogP contribution in [0.2, 0.25) is 0 Å². The molecule has 1 fully saturated rings. The van der Waals surface area contributed by atoms with Gasteiger partial charge in [-0.15, -0.1) is 0 Å². The molecule has 0 aromatic heterocycles. The van der Waals surface area contributed by atoms with Crippen LogP contribution in [-0.2, 0) is 4.74 Å². The third-order valence-corrected chi connectivity index (χ3v) is 1.97. The maximum absolute atomic E-state index is 10.0. The summed E-state index contributed by atoms with van der Waals surface area (Å²) in [5.41, 5.74) is 0. The zero-order valence-electron chi connectivity index (χ0n) is 6.49. The molecule has 11 heavy (non-hydrogen) atoms. The highest BCUT2D eigenvalue weighted by molar-refractivity contribution is 4.62. The second-order valence-electron chi connectivity index (χ2n) is 2.93. The first-order valence-corrected chi connectivity index (χ1v) is 3.98. The fourth-order valence-electron chi connectivity index (χ4n) is 1.32. The number of ether oxygens (including phenoxy) is 1. The molecule has 1 aliphatic rings. The van der Waals surface area contributed by atoms with Crippen molar-refractivity contribution in [2.45, 2.75) is 19.3 Å². The molecule has 0 radical (unpaired) electrons. The fourth-order valence-corrected chi connectivity index (χ4v) is 1.32. The SMILES string of the molecule is O=[N+]([O-])CCC1CCCOC1. The third kappa shape index (κ3) is 3.32. The Morgan fingerprint density at radius 2 is 2.45 bits per heavy atom. The quantitative estimate of drug-likeness (QED) is 0.457. The van der Waals surface area contributed by atoms with E-state index in [2.05, 4.69) is 0 Å². The molecule has 0 aromatic carbocycles. The fraction of sp³-hybridized carbons (Fsp3) is 1.00. The van der Waals surface area contributed by atoms with Gasteiger partial charge in [-0.1, -0.05) is 0 Å². The molecule has 4 nitrogen and oxygen atoms in total. The molecule has 0 N–H and O–H groups in total. The van der Waals surface area contributed by atoms with Gasteiger partial charge in [0.1, 0.15) is 0 Å². The first kappa shape index (κ1) is 8.46. The molecule has 1 heterocycles. The molecule has 1 aliphatic heterocycles. The maximum Gasteiger partial charge on any atom is 0.204 e. The summed E-state index contributed by atoms with van der Waals surface area (Å²) in [6, 6.07) is 0. The number of hydrogen-bond donors (Lipinski definition) is 0.